The van der Waals surface area contributed by atoms with Crippen molar-refractivity contribution in [2.45, 2.75) is 109 Å². The van der Waals surface area contributed by atoms with E-state index in [1.54, 1.807) is 0 Å². The van der Waals surface area contributed by atoms with E-state index in [-0.39, 0.29) is 42.6 Å². The van der Waals surface area contributed by atoms with Crippen molar-refractivity contribution in [2.24, 2.45) is 0 Å². The molecule has 9 nitrogen and oxygen atoms in total. The Morgan fingerprint density at radius 2 is 1.31 bits per heavy atom. The van der Waals surface area contributed by atoms with Gasteiger partial charge in [-0.15, -0.1) is 0 Å². The number of hydrogen-bond acceptors (Lipinski definition) is 9. The molecule has 0 radical (unpaired) electrons. The summed E-state index contributed by atoms with van der Waals surface area (Å²) in [6, 6.07) is 0. The summed E-state index contributed by atoms with van der Waals surface area (Å²) in [5.74, 6) is -0.454. The molecule has 35 heavy (non-hydrogen) atoms. The SMILES string of the molecule is CCCCCCCCC=CCCCCCCCC(=O)OC[C@@H](O)COP(=O)([O-])OCC(O)CO.[Na+]. The van der Waals surface area contributed by atoms with Gasteiger partial charge in [0.05, 0.1) is 19.8 Å². The zero-order chi connectivity index (χ0) is 25.5. The van der Waals surface area contributed by atoms with Crippen molar-refractivity contribution in [3.8, 4) is 0 Å². The number of phosphoric ester groups is 1. The van der Waals surface area contributed by atoms with Gasteiger partial charge < -0.3 is 34.0 Å². The first-order valence-electron chi connectivity index (χ1n) is 12.7. The van der Waals surface area contributed by atoms with Gasteiger partial charge >= 0.3 is 35.5 Å². The standard InChI is InChI=1S/C24H47O9P.Na/c1-2-3-4-5-6-7-8-9-10-11-12-13-14-15-16-17-24(28)31-19-23(27)21-33-34(29,30)32-20-22(26)18-25;/h9-10,22-23,25-27H,2-8,11-21H2,1H3,(H,29,30);/q;+1/p-1/t22?,23-;/m1./s1. The Morgan fingerprint density at radius 3 is 1.86 bits per heavy atom. The Labute approximate surface area is 233 Å². The quantitative estimate of drug-likeness (QED) is 0.0540. The molecule has 0 saturated carbocycles. The van der Waals surface area contributed by atoms with Gasteiger partial charge in [0, 0.05) is 6.42 Å². The van der Waals surface area contributed by atoms with Crippen molar-refractivity contribution in [2.75, 3.05) is 26.4 Å². The van der Waals surface area contributed by atoms with Crippen LogP contribution in [0.15, 0.2) is 12.2 Å². The van der Waals surface area contributed by atoms with Crippen molar-refractivity contribution >= 4 is 13.8 Å². The third kappa shape index (κ3) is 27.1. The zero-order valence-electron chi connectivity index (χ0n) is 21.8. The van der Waals surface area contributed by atoms with E-state index in [9.17, 15) is 19.4 Å². The second-order valence-corrected chi connectivity index (χ2v) is 9.96. The van der Waals surface area contributed by atoms with Gasteiger partial charge in [-0.2, -0.15) is 0 Å². The van der Waals surface area contributed by atoms with Gasteiger partial charge in [-0.25, -0.2) is 0 Å². The zero-order valence-corrected chi connectivity index (χ0v) is 24.7. The smallest absolute Gasteiger partial charge is 0.756 e. The summed E-state index contributed by atoms with van der Waals surface area (Å²) < 4.78 is 25.1. The molecule has 0 aromatic carbocycles. The summed E-state index contributed by atoms with van der Waals surface area (Å²) in [5, 5.41) is 27.3. The topological polar surface area (TPSA) is 146 Å². The molecule has 0 heterocycles. The summed E-state index contributed by atoms with van der Waals surface area (Å²) in [7, 11) is -4.73. The predicted octanol–water partition coefficient (Wildman–Crippen LogP) is 0.787. The van der Waals surface area contributed by atoms with Crippen LogP contribution in [0, 0.1) is 0 Å². The molecule has 3 atom stereocenters. The summed E-state index contributed by atoms with van der Waals surface area (Å²) in [6.45, 7) is -0.105. The van der Waals surface area contributed by atoms with Crippen LogP contribution in [-0.4, -0.2) is 59.9 Å². The molecule has 0 rings (SSSR count). The Kier molecular flexibility index (Phi) is 27.6. The molecule has 202 valence electrons. The number of carbonyl (C=O) groups excluding carboxylic acids is 1. The monoisotopic (exact) mass is 532 g/mol. The third-order valence-electron chi connectivity index (χ3n) is 5.14. The molecule has 0 spiro atoms. The van der Waals surface area contributed by atoms with Crippen LogP contribution in [0.3, 0.4) is 0 Å². The summed E-state index contributed by atoms with van der Waals surface area (Å²) >= 11 is 0. The molecule has 0 aliphatic heterocycles. The van der Waals surface area contributed by atoms with Gasteiger partial charge in [-0.1, -0.05) is 70.4 Å². The number of aliphatic hydroxyl groups excluding tert-OH is 3. The van der Waals surface area contributed by atoms with Crippen LogP contribution >= 0.6 is 7.82 Å². The molecule has 2 unspecified atom stereocenters. The van der Waals surface area contributed by atoms with Gasteiger partial charge in [0.1, 0.15) is 18.8 Å². The molecule has 0 aromatic heterocycles. The van der Waals surface area contributed by atoms with Gasteiger partial charge in [-0.3, -0.25) is 9.36 Å². The van der Waals surface area contributed by atoms with Crippen molar-refractivity contribution < 1.29 is 72.9 Å². The van der Waals surface area contributed by atoms with Crippen LogP contribution in [0.5, 0.6) is 0 Å². The molecule has 0 fully saturated rings. The average Bonchev–Trinajstić information content (AvgIpc) is 2.82. The van der Waals surface area contributed by atoms with E-state index >= 15 is 0 Å². The van der Waals surface area contributed by atoms with Crippen molar-refractivity contribution in [1.29, 1.82) is 0 Å². The number of phosphoric acid groups is 1. The van der Waals surface area contributed by atoms with Crippen LogP contribution in [-0.2, 0) is 23.1 Å². The van der Waals surface area contributed by atoms with Crippen LogP contribution in [0.25, 0.3) is 0 Å². The molecule has 0 bridgehead atoms. The summed E-state index contributed by atoms with van der Waals surface area (Å²) in [6.07, 6.45) is 17.3. The van der Waals surface area contributed by atoms with E-state index in [0.29, 0.717) is 6.42 Å². The molecule has 0 aliphatic rings. The Morgan fingerprint density at radius 1 is 0.829 bits per heavy atom. The van der Waals surface area contributed by atoms with Crippen LogP contribution in [0.4, 0.5) is 0 Å². The van der Waals surface area contributed by atoms with Crippen LogP contribution in [0.2, 0.25) is 0 Å². The fourth-order valence-corrected chi connectivity index (χ4v) is 3.88. The minimum atomic E-state index is -4.73. The number of allylic oxidation sites excluding steroid dienone is 2. The van der Waals surface area contributed by atoms with E-state index in [0.717, 1.165) is 32.1 Å². The first-order chi connectivity index (χ1) is 16.3. The number of ether oxygens (including phenoxy) is 1. The molecular weight excluding hydrogens is 486 g/mol. The minimum Gasteiger partial charge on any atom is -0.756 e. The fourth-order valence-electron chi connectivity index (χ4n) is 3.09. The number of rotatable bonds is 24. The maximum atomic E-state index is 11.7. The Hall–Kier alpha value is 0.200. The molecule has 0 aromatic rings. The van der Waals surface area contributed by atoms with E-state index in [1.165, 1.54) is 44.9 Å². The predicted molar refractivity (Wildman–Crippen MR) is 129 cm³/mol. The minimum absolute atomic E-state index is 0. The molecule has 0 aliphatic carbocycles. The molecule has 3 N–H and O–H groups in total. The van der Waals surface area contributed by atoms with E-state index < -0.39 is 45.8 Å². The van der Waals surface area contributed by atoms with Crippen molar-refractivity contribution in [3.05, 3.63) is 12.2 Å². The molecule has 11 heteroatoms. The largest absolute Gasteiger partial charge is 1.00 e. The molecule has 0 saturated heterocycles. The normalized spacial score (nSPS) is 14.9. The van der Waals surface area contributed by atoms with E-state index in [4.69, 9.17) is 14.9 Å². The fraction of sp³-hybridized carbons (Fsp3) is 0.875. The Balaban J connectivity index is 0. The van der Waals surface area contributed by atoms with E-state index in [2.05, 4.69) is 28.1 Å². The maximum Gasteiger partial charge on any atom is 1.00 e. The number of carbonyl (C=O) groups is 1. The second kappa shape index (κ2) is 25.8. The van der Waals surface area contributed by atoms with Crippen LogP contribution < -0.4 is 34.5 Å². The second-order valence-electron chi connectivity index (χ2n) is 8.55. The van der Waals surface area contributed by atoms with Crippen molar-refractivity contribution in [1.82, 2.24) is 0 Å². The number of esters is 1. The van der Waals surface area contributed by atoms with Crippen LogP contribution in [0.1, 0.15) is 96.8 Å². The first-order valence-corrected chi connectivity index (χ1v) is 14.1. The van der Waals surface area contributed by atoms with Crippen molar-refractivity contribution in [3.63, 3.8) is 0 Å². The van der Waals surface area contributed by atoms with Gasteiger partial charge in [0.15, 0.2) is 0 Å². The maximum absolute atomic E-state index is 11.7. The van der Waals surface area contributed by atoms with Gasteiger partial charge in [-0.05, 0) is 32.1 Å². The number of unbranched alkanes of at least 4 members (excludes halogenated alkanes) is 11. The third-order valence-corrected chi connectivity index (χ3v) is 6.07. The summed E-state index contributed by atoms with van der Waals surface area (Å²) in [4.78, 5) is 23.1. The van der Waals surface area contributed by atoms with Gasteiger partial charge in [0.2, 0.25) is 0 Å². The number of hydrogen-bond donors (Lipinski definition) is 3. The molecule has 0 amide bonds. The summed E-state index contributed by atoms with van der Waals surface area (Å²) in [5.41, 5.74) is 0. The first kappa shape index (κ1) is 37.4. The van der Waals surface area contributed by atoms with E-state index in [1.807, 2.05) is 0 Å². The van der Waals surface area contributed by atoms with Gasteiger partial charge in [0.25, 0.3) is 7.82 Å². The Bertz CT molecular complexity index is 563. The number of aliphatic hydroxyl groups is 3. The average molecular weight is 533 g/mol. The molecular formula is C24H46NaO9P.